The van der Waals surface area contributed by atoms with E-state index in [9.17, 15) is 4.39 Å². The van der Waals surface area contributed by atoms with E-state index in [1.165, 1.54) is 6.20 Å². The standard InChI is InChI=1S/C12H20FN3O/c1-12(2,16(3)4)8-17-11-10(13)9(7-14)5-6-15-11/h5-6H,7-8,14H2,1-4H3. The first kappa shape index (κ1) is 13.9. The Bertz CT molecular complexity index is 380. The third-order valence-corrected chi connectivity index (χ3v) is 2.93. The average molecular weight is 241 g/mol. The number of halogens is 1. The molecule has 0 unspecified atom stereocenters. The lowest BCUT2D eigenvalue weighted by molar-refractivity contribution is 0.108. The van der Waals surface area contributed by atoms with Gasteiger partial charge in [0.1, 0.15) is 6.61 Å². The molecule has 0 saturated carbocycles. The quantitative estimate of drug-likeness (QED) is 0.846. The topological polar surface area (TPSA) is 51.4 Å². The molecule has 1 rings (SSSR count). The first-order valence-electron chi connectivity index (χ1n) is 5.52. The molecule has 17 heavy (non-hydrogen) atoms. The van der Waals surface area contributed by atoms with Crippen molar-refractivity contribution in [3.63, 3.8) is 0 Å². The van der Waals surface area contributed by atoms with Gasteiger partial charge in [0, 0.05) is 23.8 Å². The summed E-state index contributed by atoms with van der Waals surface area (Å²) < 4.78 is 19.2. The van der Waals surface area contributed by atoms with E-state index < -0.39 is 5.82 Å². The summed E-state index contributed by atoms with van der Waals surface area (Å²) in [6.07, 6.45) is 1.50. The number of nitrogens with two attached hydrogens (primary N) is 1. The molecular formula is C12H20FN3O. The van der Waals surface area contributed by atoms with Crippen LogP contribution in [0, 0.1) is 5.82 Å². The van der Waals surface area contributed by atoms with Crippen molar-refractivity contribution in [2.75, 3.05) is 20.7 Å². The Morgan fingerprint density at radius 3 is 2.65 bits per heavy atom. The highest BCUT2D eigenvalue weighted by atomic mass is 19.1. The minimum atomic E-state index is -0.468. The largest absolute Gasteiger partial charge is 0.474 e. The minimum Gasteiger partial charge on any atom is -0.474 e. The molecular weight excluding hydrogens is 221 g/mol. The maximum Gasteiger partial charge on any atom is 0.250 e. The van der Waals surface area contributed by atoms with Gasteiger partial charge in [-0.2, -0.15) is 0 Å². The molecule has 1 aromatic heterocycles. The highest BCUT2D eigenvalue weighted by molar-refractivity contribution is 5.23. The molecule has 0 bridgehead atoms. The molecule has 0 atom stereocenters. The van der Waals surface area contributed by atoms with Gasteiger partial charge in [-0.25, -0.2) is 9.37 Å². The Morgan fingerprint density at radius 1 is 1.47 bits per heavy atom. The molecule has 0 saturated heterocycles. The molecule has 0 aliphatic rings. The predicted molar refractivity (Wildman–Crippen MR) is 65.3 cm³/mol. The Hall–Kier alpha value is -1.20. The molecule has 0 aliphatic carbocycles. The van der Waals surface area contributed by atoms with E-state index >= 15 is 0 Å². The van der Waals surface area contributed by atoms with Crippen molar-refractivity contribution in [3.8, 4) is 5.88 Å². The maximum atomic E-state index is 13.8. The summed E-state index contributed by atoms with van der Waals surface area (Å²) in [4.78, 5) is 5.89. The predicted octanol–water partition coefficient (Wildman–Crippen LogP) is 1.40. The number of pyridine rings is 1. The molecule has 2 N–H and O–H groups in total. The van der Waals surface area contributed by atoms with Crippen LogP contribution in [-0.4, -0.2) is 36.1 Å². The van der Waals surface area contributed by atoms with Crippen LogP contribution in [0.4, 0.5) is 4.39 Å². The molecule has 0 aromatic carbocycles. The van der Waals surface area contributed by atoms with Crippen LogP contribution < -0.4 is 10.5 Å². The number of hydrogen-bond acceptors (Lipinski definition) is 4. The SMILES string of the molecule is CN(C)C(C)(C)COc1nccc(CN)c1F. The zero-order chi connectivity index (χ0) is 13.1. The lowest BCUT2D eigenvalue weighted by Crippen LogP contribution is -2.43. The maximum absolute atomic E-state index is 13.8. The lowest BCUT2D eigenvalue weighted by atomic mass is 10.1. The smallest absolute Gasteiger partial charge is 0.250 e. The number of aromatic nitrogens is 1. The second-order valence-corrected chi connectivity index (χ2v) is 4.79. The van der Waals surface area contributed by atoms with Crippen molar-refractivity contribution in [2.45, 2.75) is 25.9 Å². The van der Waals surface area contributed by atoms with Gasteiger partial charge in [0.05, 0.1) is 0 Å². The van der Waals surface area contributed by atoms with Gasteiger partial charge >= 0.3 is 0 Å². The second kappa shape index (κ2) is 5.42. The Labute approximate surface area is 102 Å². The van der Waals surface area contributed by atoms with E-state index in [0.29, 0.717) is 12.2 Å². The van der Waals surface area contributed by atoms with Crippen molar-refractivity contribution >= 4 is 0 Å². The fourth-order valence-corrected chi connectivity index (χ4v) is 1.09. The van der Waals surface area contributed by atoms with E-state index in [1.54, 1.807) is 6.07 Å². The van der Waals surface area contributed by atoms with Crippen LogP contribution in [0.25, 0.3) is 0 Å². The van der Waals surface area contributed by atoms with Crippen LogP contribution >= 0.6 is 0 Å². The Kier molecular flexibility index (Phi) is 4.42. The Morgan fingerprint density at radius 2 is 2.12 bits per heavy atom. The molecule has 1 heterocycles. The monoisotopic (exact) mass is 241 g/mol. The zero-order valence-corrected chi connectivity index (χ0v) is 10.8. The summed E-state index contributed by atoms with van der Waals surface area (Å²) in [5, 5.41) is 0. The highest BCUT2D eigenvalue weighted by Gasteiger charge is 2.22. The summed E-state index contributed by atoms with van der Waals surface area (Å²) in [5.41, 5.74) is 5.64. The fourth-order valence-electron chi connectivity index (χ4n) is 1.09. The van der Waals surface area contributed by atoms with Crippen LogP contribution in [0.2, 0.25) is 0 Å². The molecule has 0 fully saturated rings. The van der Waals surface area contributed by atoms with Crippen LogP contribution in [0.1, 0.15) is 19.4 Å². The number of rotatable bonds is 5. The van der Waals surface area contributed by atoms with Gasteiger partial charge in [0.2, 0.25) is 0 Å². The van der Waals surface area contributed by atoms with Crippen LogP contribution in [0.15, 0.2) is 12.3 Å². The van der Waals surface area contributed by atoms with Crippen molar-refractivity contribution < 1.29 is 9.13 Å². The summed E-state index contributed by atoms with van der Waals surface area (Å²) >= 11 is 0. The summed E-state index contributed by atoms with van der Waals surface area (Å²) in [6, 6.07) is 1.55. The van der Waals surface area contributed by atoms with Gasteiger partial charge in [0.25, 0.3) is 5.88 Å². The molecule has 4 nitrogen and oxygen atoms in total. The highest BCUT2D eigenvalue weighted by Crippen LogP contribution is 2.19. The minimum absolute atomic E-state index is 0.0166. The summed E-state index contributed by atoms with van der Waals surface area (Å²) in [6.45, 7) is 4.52. The van der Waals surface area contributed by atoms with E-state index in [-0.39, 0.29) is 18.0 Å². The third-order valence-electron chi connectivity index (χ3n) is 2.93. The van der Waals surface area contributed by atoms with Crippen LogP contribution in [0.3, 0.4) is 0 Å². The van der Waals surface area contributed by atoms with Crippen molar-refractivity contribution in [3.05, 3.63) is 23.6 Å². The van der Waals surface area contributed by atoms with Gasteiger partial charge in [-0.3, -0.25) is 0 Å². The first-order chi connectivity index (χ1) is 7.88. The summed E-state index contributed by atoms with van der Waals surface area (Å²) in [5.74, 6) is -0.451. The van der Waals surface area contributed by atoms with Gasteiger partial charge in [-0.1, -0.05) is 0 Å². The summed E-state index contributed by atoms with van der Waals surface area (Å²) in [7, 11) is 3.90. The van der Waals surface area contributed by atoms with E-state index in [1.807, 2.05) is 32.8 Å². The van der Waals surface area contributed by atoms with Crippen molar-refractivity contribution in [2.24, 2.45) is 5.73 Å². The zero-order valence-electron chi connectivity index (χ0n) is 10.8. The lowest BCUT2D eigenvalue weighted by Gasteiger charge is -2.31. The molecule has 0 amide bonds. The van der Waals surface area contributed by atoms with Gasteiger partial charge in [-0.15, -0.1) is 0 Å². The van der Waals surface area contributed by atoms with Crippen molar-refractivity contribution in [1.82, 2.24) is 9.88 Å². The Balaban J connectivity index is 2.76. The molecule has 0 spiro atoms. The van der Waals surface area contributed by atoms with Crippen LogP contribution in [0.5, 0.6) is 5.88 Å². The van der Waals surface area contributed by atoms with Gasteiger partial charge < -0.3 is 15.4 Å². The fraction of sp³-hybridized carbons (Fsp3) is 0.583. The number of ether oxygens (including phenoxy) is 1. The average Bonchev–Trinajstić information content (AvgIpc) is 2.27. The third kappa shape index (κ3) is 3.38. The van der Waals surface area contributed by atoms with E-state index in [4.69, 9.17) is 10.5 Å². The number of likely N-dealkylation sites (N-methyl/N-ethyl adjacent to an activating group) is 1. The second-order valence-electron chi connectivity index (χ2n) is 4.79. The van der Waals surface area contributed by atoms with Crippen molar-refractivity contribution in [1.29, 1.82) is 0 Å². The number of hydrogen-bond donors (Lipinski definition) is 1. The van der Waals surface area contributed by atoms with Gasteiger partial charge in [0.15, 0.2) is 5.82 Å². The molecule has 1 aromatic rings. The van der Waals surface area contributed by atoms with Gasteiger partial charge in [-0.05, 0) is 34.0 Å². The normalized spacial score (nSPS) is 11.9. The molecule has 0 radical (unpaired) electrons. The molecule has 0 aliphatic heterocycles. The van der Waals surface area contributed by atoms with E-state index in [0.717, 1.165) is 0 Å². The molecule has 5 heteroatoms. The van der Waals surface area contributed by atoms with E-state index in [2.05, 4.69) is 4.98 Å². The molecule has 96 valence electrons. The number of nitrogens with zero attached hydrogens (tertiary/aromatic N) is 2. The van der Waals surface area contributed by atoms with Crippen LogP contribution in [-0.2, 0) is 6.54 Å². The first-order valence-corrected chi connectivity index (χ1v) is 5.52.